The summed E-state index contributed by atoms with van der Waals surface area (Å²) in [6.07, 6.45) is 6.29. The predicted molar refractivity (Wildman–Crippen MR) is 76.5 cm³/mol. The third-order valence-electron chi connectivity index (χ3n) is 2.87. The van der Waals surface area contributed by atoms with Crippen LogP contribution < -0.4 is 15.4 Å². The molecule has 1 aliphatic rings. The molecule has 0 saturated carbocycles. The van der Waals surface area contributed by atoms with Crippen LogP contribution in [0.3, 0.4) is 0 Å². The maximum Gasteiger partial charge on any atom is 0.225 e. The van der Waals surface area contributed by atoms with Gasteiger partial charge in [-0.3, -0.25) is 0 Å². The van der Waals surface area contributed by atoms with Crippen molar-refractivity contribution in [3.05, 3.63) is 23.9 Å². The summed E-state index contributed by atoms with van der Waals surface area (Å²) < 4.78 is 5.54. The van der Waals surface area contributed by atoms with Crippen LogP contribution in [0.2, 0.25) is 0 Å². The first-order chi connectivity index (χ1) is 9.24. The van der Waals surface area contributed by atoms with Gasteiger partial charge in [-0.1, -0.05) is 11.6 Å². The van der Waals surface area contributed by atoms with E-state index in [4.69, 9.17) is 4.74 Å². The van der Waals surface area contributed by atoms with Crippen LogP contribution in [0.25, 0.3) is 0 Å². The Kier molecular flexibility index (Phi) is 5.15. The highest BCUT2D eigenvalue weighted by molar-refractivity contribution is 5.27. The molecule has 2 heterocycles. The van der Waals surface area contributed by atoms with Crippen molar-refractivity contribution in [2.45, 2.75) is 32.8 Å². The fourth-order valence-corrected chi connectivity index (χ4v) is 1.97. The van der Waals surface area contributed by atoms with Crippen molar-refractivity contribution in [2.24, 2.45) is 0 Å². The van der Waals surface area contributed by atoms with Gasteiger partial charge < -0.3 is 15.4 Å². The highest BCUT2D eigenvalue weighted by Gasteiger charge is 2.04. The van der Waals surface area contributed by atoms with Crippen molar-refractivity contribution < 1.29 is 4.74 Å². The van der Waals surface area contributed by atoms with Gasteiger partial charge >= 0.3 is 0 Å². The molecule has 0 atom stereocenters. The van der Waals surface area contributed by atoms with E-state index in [0.717, 1.165) is 32.5 Å². The van der Waals surface area contributed by atoms with Gasteiger partial charge in [0.25, 0.3) is 0 Å². The average Bonchev–Trinajstić information content (AvgIpc) is 2.40. The molecule has 1 aliphatic heterocycles. The van der Waals surface area contributed by atoms with Crippen molar-refractivity contribution in [1.82, 2.24) is 15.3 Å². The van der Waals surface area contributed by atoms with E-state index in [-0.39, 0.29) is 6.10 Å². The number of aromatic nitrogens is 2. The maximum absolute atomic E-state index is 5.54. The van der Waals surface area contributed by atoms with Crippen molar-refractivity contribution in [2.75, 3.05) is 25.0 Å². The molecule has 19 heavy (non-hydrogen) atoms. The number of hydrogen-bond acceptors (Lipinski definition) is 5. The summed E-state index contributed by atoms with van der Waals surface area (Å²) in [7, 11) is 0. The molecular formula is C14H22N4O. The molecule has 0 aliphatic carbocycles. The second kappa shape index (κ2) is 7.09. The summed E-state index contributed by atoms with van der Waals surface area (Å²) in [5.74, 6) is 1.25. The van der Waals surface area contributed by atoms with E-state index in [1.165, 1.54) is 5.57 Å². The number of anilines is 1. The Morgan fingerprint density at radius 3 is 3.11 bits per heavy atom. The fourth-order valence-electron chi connectivity index (χ4n) is 1.97. The van der Waals surface area contributed by atoms with E-state index in [9.17, 15) is 0 Å². The van der Waals surface area contributed by atoms with Crippen LogP contribution in [0.1, 0.15) is 26.7 Å². The summed E-state index contributed by atoms with van der Waals surface area (Å²) in [4.78, 5) is 8.51. The van der Waals surface area contributed by atoms with Crippen molar-refractivity contribution in [3.8, 4) is 5.88 Å². The lowest BCUT2D eigenvalue weighted by molar-refractivity contribution is 0.232. The predicted octanol–water partition coefficient (Wildman–Crippen LogP) is 1.99. The number of hydrogen-bond donors (Lipinski definition) is 2. The van der Waals surface area contributed by atoms with Crippen molar-refractivity contribution >= 4 is 5.95 Å². The molecule has 104 valence electrons. The van der Waals surface area contributed by atoms with Gasteiger partial charge in [0, 0.05) is 25.4 Å². The summed E-state index contributed by atoms with van der Waals surface area (Å²) >= 11 is 0. The summed E-state index contributed by atoms with van der Waals surface area (Å²) in [6, 6.07) is 1.78. The smallest absolute Gasteiger partial charge is 0.225 e. The standard InChI is InChI=1S/C14H22N4O/c1-11(2)19-13-6-10-17-14(18-13)16-9-5-12-3-7-15-8-4-12/h3,6,10-11,15H,4-5,7-9H2,1-2H3,(H,16,17,18). The molecule has 5 nitrogen and oxygen atoms in total. The summed E-state index contributed by atoms with van der Waals surface area (Å²) in [5.41, 5.74) is 1.50. The highest BCUT2D eigenvalue weighted by atomic mass is 16.5. The molecule has 0 bridgehead atoms. The highest BCUT2D eigenvalue weighted by Crippen LogP contribution is 2.12. The van der Waals surface area contributed by atoms with E-state index in [0.29, 0.717) is 11.8 Å². The van der Waals surface area contributed by atoms with Gasteiger partial charge in [0.15, 0.2) is 0 Å². The van der Waals surface area contributed by atoms with E-state index < -0.39 is 0 Å². The van der Waals surface area contributed by atoms with Gasteiger partial charge in [0.05, 0.1) is 6.10 Å². The third kappa shape index (κ3) is 4.87. The second-order valence-corrected chi connectivity index (χ2v) is 4.88. The quantitative estimate of drug-likeness (QED) is 0.768. The normalized spacial score (nSPS) is 15.2. The molecule has 0 amide bonds. The first-order valence-corrected chi connectivity index (χ1v) is 6.86. The molecule has 0 fully saturated rings. The van der Waals surface area contributed by atoms with Crippen LogP contribution in [-0.4, -0.2) is 35.7 Å². The van der Waals surface area contributed by atoms with Crippen LogP contribution in [0.5, 0.6) is 5.88 Å². The molecule has 0 unspecified atom stereocenters. The van der Waals surface area contributed by atoms with E-state index in [2.05, 4.69) is 26.7 Å². The maximum atomic E-state index is 5.54. The Morgan fingerprint density at radius 1 is 1.47 bits per heavy atom. The molecule has 0 saturated heterocycles. The molecule has 1 aromatic rings. The lowest BCUT2D eigenvalue weighted by atomic mass is 10.1. The monoisotopic (exact) mass is 262 g/mol. The minimum absolute atomic E-state index is 0.127. The van der Waals surface area contributed by atoms with Crippen LogP contribution in [-0.2, 0) is 0 Å². The first-order valence-electron chi connectivity index (χ1n) is 6.86. The Labute approximate surface area is 114 Å². The fraction of sp³-hybridized carbons (Fsp3) is 0.571. The average molecular weight is 262 g/mol. The number of nitrogens with zero attached hydrogens (tertiary/aromatic N) is 2. The van der Waals surface area contributed by atoms with Crippen molar-refractivity contribution in [1.29, 1.82) is 0 Å². The summed E-state index contributed by atoms with van der Waals surface area (Å²) in [5, 5.41) is 6.55. The van der Waals surface area contributed by atoms with Gasteiger partial charge in [0.1, 0.15) is 0 Å². The second-order valence-electron chi connectivity index (χ2n) is 4.88. The Balaban J connectivity index is 1.80. The van der Waals surface area contributed by atoms with Gasteiger partial charge in [0.2, 0.25) is 11.8 Å². The minimum atomic E-state index is 0.127. The van der Waals surface area contributed by atoms with Gasteiger partial charge in [-0.05, 0) is 33.2 Å². The van der Waals surface area contributed by atoms with Crippen LogP contribution in [0.4, 0.5) is 5.95 Å². The molecule has 0 aromatic carbocycles. The number of ether oxygens (including phenoxy) is 1. The van der Waals surface area contributed by atoms with Gasteiger partial charge in [-0.2, -0.15) is 4.98 Å². The SMILES string of the molecule is CC(C)Oc1ccnc(NCCC2=CCNCC2)n1. The third-order valence-corrected chi connectivity index (χ3v) is 2.87. The van der Waals surface area contributed by atoms with E-state index >= 15 is 0 Å². The number of rotatable bonds is 6. The van der Waals surface area contributed by atoms with Crippen LogP contribution >= 0.6 is 0 Å². The topological polar surface area (TPSA) is 59.1 Å². The minimum Gasteiger partial charge on any atom is -0.475 e. The van der Waals surface area contributed by atoms with Crippen LogP contribution in [0.15, 0.2) is 23.9 Å². The van der Waals surface area contributed by atoms with Crippen molar-refractivity contribution in [3.63, 3.8) is 0 Å². The summed E-state index contributed by atoms with van der Waals surface area (Å²) in [6.45, 7) is 6.90. The zero-order valence-electron chi connectivity index (χ0n) is 11.6. The Morgan fingerprint density at radius 2 is 2.37 bits per heavy atom. The molecule has 0 radical (unpaired) electrons. The largest absolute Gasteiger partial charge is 0.475 e. The van der Waals surface area contributed by atoms with Crippen LogP contribution in [0, 0.1) is 0 Å². The first kappa shape index (κ1) is 13.8. The Bertz CT molecular complexity index is 431. The molecule has 5 heteroatoms. The molecule has 2 N–H and O–H groups in total. The van der Waals surface area contributed by atoms with E-state index in [1.807, 2.05) is 13.8 Å². The zero-order chi connectivity index (χ0) is 13.5. The van der Waals surface area contributed by atoms with Gasteiger partial charge in [-0.25, -0.2) is 4.98 Å². The Hall–Kier alpha value is -1.62. The zero-order valence-corrected chi connectivity index (χ0v) is 11.6. The van der Waals surface area contributed by atoms with Gasteiger partial charge in [-0.15, -0.1) is 0 Å². The van der Waals surface area contributed by atoms with E-state index in [1.54, 1.807) is 12.3 Å². The molecule has 1 aromatic heterocycles. The molecule has 0 spiro atoms. The lowest BCUT2D eigenvalue weighted by Gasteiger charge is -2.14. The molecule has 2 rings (SSSR count). The number of nitrogens with one attached hydrogen (secondary N) is 2. The molecular weight excluding hydrogens is 240 g/mol. The lowest BCUT2D eigenvalue weighted by Crippen LogP contribution is -2.21.